The summed E-state index contributed by atoms with van der Waals surface area (Å²) in [7, 11) is 1.61. The number of benzene rings is 1. The molecule has 1 saturated heterocycles. The number of ether oxygens (including phenoxy) is 2. The van der Waals surface area contributed by atoms with Crippen molar-refractivity contribution in [3.05, 3.63) is 89.0 Å². The number of halogens is 1. The molecule has 1 aliphatic rings. The quantitative estimate of drug-likeness (QED) is 0.483. The van der Waals surface area contributed by atoms with Crippen molar-refractivity contribution < 1.29 is 19.1 Å². The van der Waals surface area contributed by atoms with Gasteiger partial charge in [0.15, 0.2) is 0 Å². The molecular weight excluding hydrogens is 456 g/mol. The van der Waals surface area contributed by atoms with Gasteiger partial charge in [0.1, 0.15) is 17.4 Å². The van der Waals surface area contributed by atoms with Crippen LogP contribution in [-0.4, -0.2) is 64.4 Å². The second kappa shape index (κ2) is 11.1. The maximum atomic E-state index is 13.2. The SMILES string of the molecule is COc1ccc(CN2C[C@@H](OCc3cccnc3)CN(C(=O)c3ccnc(Cl)c3)CC2=O)cc1. The lowest BCUT2D eigenvalue weighted by atomic mass is 10.2. The molecule has 9 heteroatoms. The Bertz CT molecular complexity index is 1130. The van der Waals surface area contributed by atoms with Crippen LogP contribution in [0.1, 0.15) is 21.5 Å². The largest absolute Gasteiger partial charge is 0.497 e. The van der Waals surface area contributed by atoms with E-state index in [-0.39, 0.29) is 36.2 Å². The molecule has 1 aromatic carbocycles. The molecule has 176 valence electrons. The van der Waals surface area contributed by atoms with E-state index >= 15 is 0 Å². The van der Waals surface area contributed by atoms with Gasteiger partial charge in [0, 0.05) is 43.8 Å². The summed E-state index contributed by atoms with van der Waals surface area (Å²) in [6, 6.07) is 14.4. The Labute approximate surface area is 203 Å². The lowest BCUT2D eigenvalue weighted by Crippen LogP contribution is -2.39. The number of rotatable bonds is 7. The lowest BCUT2D eigenvalue weighted by Gasteiger charge is -2.25. The minimum Gasteiger partial charge on any atom is -0.497 e. The highest BCUT2D eigenvalue weighted by Gasteiger charge is 2.31. The Morgan fingerprint density at radius 2 is 1.94 bits per heavy atom. The van der Waals surface area contributed by atoms with E-state index in [9.17, 15) is 9.59 Å². The van der Waals surface area contributed by atoms with Crippen molar-refractivity contribution in [2.24, 2.45) is 0 Å². The zero-order valence-electron chi connectivity index (χ0n) is 18.8. The van der Waals surface area contributed by atoms with Gasteiger partial charge in [-0.3, -0.25) is 14.6 Å². The van der Waals surface area contributed by atoms with Crippen LogP contribution in [0.5, 0.6) is 5.75 Å². The first-order valence-corrected chi connectivity index (χ1v) is 11.2. The number of aromatic nitrogens is 2. The van der Waals surface area contributed by atoms with Crippen LogP contribution in [0.2, 0.25) is 5.15 Å². The monoisotopic (exact) mass is 480 g/mol. The molecule has 0 bridgehead atoms. The summed E-state index contributed by atoms with van der Waals surface area (Å²) >= 11 is 5.97. The minimum atomic E-state index is -0.383. The van der Waals surface area contributed by atoms with E-state index in [0.717, 1.165) is 16.9 Å². The summed E-state index contributed by atoms with van der Waals surface area (Å²) in [5.74, 6) is 0.298. The molecule has 0 radical (unpaired) electrons. The summed E-state index contributed by atoms with van der Waals surface area (Å²) in [4.78, 5) is 37.7. The van der Waals surface area contributed by atoms with Gasteiger partial charge < -0.3 is 19.3 Å². The molecular formula is C25H25ClN4O4. The van der Waals surface area contributed by atoms with E-state index in [1.807, 2.05) is 36.4 Å². The number of hydrogen-bond donors (Lipinski definition) is 0. The third-order valence-electron chi connectivity index (χ3n) is 5.53. The smallest absolute Gasteiger partial charge is 0.254 e. The molecule has 4 rings (SSSR count). The Morgan fingerprint density at radius 1 is 1.12 bits per heavy atom. The van der Waals surface area contributed by atoms with Crippen LogP contribution < -0.4 is 4.74 Å². The minimum absolute atomic E-state index is 0.0539. The maximum Gasteiger partial charge on any atom is 0.254 e. The van der Waals surface area contributed by atoms with Crippen molar-refractivity contribution in [2.75, 3.05) is 26.7 Å². The van der Waals surface area contributed by atoms with Crippen LogP contribution in [0.15, 0.2) is 67.1 Å². The van der Waals surface area contributed by atoms with E-state index < -0.39 is 0 Å². The average molecular weight is 481 g/mol. The number of methoxy groups -OCH3 is 1. The molecule has 3 heterocycles. The fourth-order valence-corrected chi connectivity index (χ4v) is 3.93. The van der Waals surface area contributed by atoms with Crippen LogP contribution in [0.3, 0.4) is 0 Å². The van der Waals surface area contributed by atoms with E-state index in [0.29, 0.717) is 25.3 Å². The predicted octanol–water partition coefficient (Wildman–Crippen LogP) is 3.21. The molecule has 1 atom stereocenters. The number of hydrogen-bond acceptors (Lipinski definition) is 6. The van der Waals surface area contributed by atoms with E-state index in [4.69, 9.17) is 21.1 Å². The van der Waals surface area contributed by atoms with Gasteiger partial charge in [-0.2, -0.15) is 0 Å². The van der Waals surface area contributed by atoms with Gasteiger partial charge in [-0.15, -0.1) is 0 Å². The molecule has 8 nitrogen and oxygen atoms in total. The standard InChI is InChI=1S/C25H25ClN4O4/c1-33-21-6-4-18(5-7-21)13-29-14-22(34-17-19-3-2-9-27-12-19)15-30(16-24(29)31)25(32)20-8-10-28-23(26)11-20/h2-12,22H,13-17H2,1H3/t22-/m1/s1. The third kappa shape index (κ3) is 6.09. The van der Waals surface area contributed by atoms with Crippen LogP contribution in [0, 0.1) is 0 Å². The second-order valence-electron chi connectivity index (χ2n) is 7.97. The first kappa shape index (κ1) is 23.7. The van der Waals surface area contributed by atoms with E-state index in [2.05, 4.69) is 9.97 Å². The second-order valence-corrected chi connectivity index (χ2v) is 8.36. The Morgan fingerprint density at radius 3 is 2.65 bits per heavy atom. The van der Waals surface area contributed by atoms with Crippen molar-refractivity contribution in [3.63, 3.8) is 0 Å². The van der Waals surface area contributed by atoms with E-state index in [1.165, 1.54) is 17.2 Å². The number of carbonyl (C=O) groups is 2. The molecule has 0 spiro atoms. The first-order chi connectivity index (χ1) is 16.5. The molecule has 2 amide bonds. The van der Waals surface area contributed by atoms with Crippen molar-refractivity contribution in [3.8, 4) is 5.75 Å². The fraction of sp³-hybridized carbons (Fsp3) is 0.280. The van der Waals surface area contributed by atoms with Crippen molar-refractivity contribution in [2.45, 2.75) is 19.3 Å². The van der Waals surface area contributed by atoms with Crippen LogP contribution in [-0.2, 0) is 22.7 Å². The van der Waals surface area contributed by atoms with Gasteiger partial charge in [0.05, 0.1) is 19.8 Å². The normalized spacial score (nSPS) is 16.3. The number of carbonyl (C=O) groups excluding carboxylic acids is 2. The number of nitrogens with zero attached hydrogens (tertiary/aromatic N) is 4. The Balaban J connectivity index is 1.53. The van der Waals surface area contributed by atoms with Crippen LogP contribution >= 0.6 is 11.6 Å². The Kier molecular flexibility index (Phi) is 7.72. The van der Waals surface area contributed by atoms with Crippen molar-refractivity contribution >= 4 is 23.4 Å². The zero-order valence-corrected chi connectivity index (χ0v) is 19.5. The van der Waals surface area contributed by atoms with Gasteiger partial charge in [-0.25, -0.2) is 4.98 Å². The molecule has 34 heavy (non-hydrogen) atoms. The first-order valence-electron chi connectivity index (χ1n) is 10.8. The van der Waals surface area contributed by atoms with Crippen molar-refractivity contribution in [1.29, 1.82) is 0 Å². The average Bonchev–Trinajstić information content (AvgIpc) is 3.02. The van der Waals surface area contributed by atoms with Gasteiger partial charge in [-0.05, 0) is 41.5 Å². The van der Waals surface area contributed by atoms with Crippen LogP contribution in [0.25, 0.3) is 0 Å². The molecule has 1 aliphatic heterocycles. The summed E-state index contributed by atoms with van der Waals surface area (Å²) in [5.41, 5.74) is 2.25. The van der Waals surface area contributed by atoms with Gasteiger partial charge in [0.2, 0.25) is 5.91 Å². The summed E-state index contributed by atoms with van der Waals surface area (Å²) in [6.07, 6.45) is 4.52. The molecule has 1 fully saturated rings. The number of amides is 2. The highest BCUT2D eigenvalue weighted by Crippen LogP contribution is 2.18. The summed E-state index contributed by atoms with van der Waals surface area (Å²) in [6.45, 7) is 1.29. The molecule has 2 aromatic heterocycles. The van der Waals surface area contributed by atoms with E-state index in [1.54, 1.807) is 30.5 Å². The molecule has 0 unspecified atom stereocenters. The highest BCUT2D eigenvalue weighted by molar-refractivity contribution is 6.29. The summed E-state index contributed by atoms with van der Waals surface area (Å²) in [5, 5.41) is 0.220. The van der Waals surface area contributed by atoms with Crippen LogP contribution in [0.4, 0.5) is 0 Å². The van der Waals surface area contributed by atoms with Crippen molar-refractivity contribution in [1.82, 2.24) is 19.8 Å². The topological polar surface area (TPSA) is 84.9 Å². The van der Waals surface area contributed by atoms with Gasteiger partial charge >= 0.3 is 0 Å². The van der Waals surface area contributed by atoms with Gasteiger partial charge in [0.25, 0.3) is 5.91 Å². The molecule has 0 N–H and O–H groups in total. The lowest BCUT2D eigenvalue weighted by molar-refractivity contribution is -0.132. The molecule has 0 aliphatic carbocycles. The Hall–Kier alpha value is -3.49. The molecule has 3 aromatic rings. The number of pyridine rings is 2. The van der Waals surface area contributed by atoms with Gasteiger partial charge in [-0.1, -0.05) is 29.8 Å². The summed E-state index contributed by atoms with van der Waals surface area (Å²) < 4.78 is 11.4. The third-order valence-corrected chi connectivity index (χ3v) is 5.74. The molecule has 0 saturated carbocycles. The maximum absolute atomic E-state index is 13.2. The highest BCUT2D eigenvalue weighted by atomic mass is 35.5. The zero-order chi connectivity index (χ0) is 23.9. The predicted molar refractivity (Wildman–Crippen MR) is 126 cm³/mol. The fourth-order valence-electron chi connectivity index (χ4n) is 3.76.